The number of piperidine rings is 1. The van der Waals surface area contributed by atoms with Crippen LogP contribution >= 0.6 is 0 Å². The van der Waals surface area contributed by atoms with Crippen molar-refractivity contribution in [3.8, 4) is 11.5 Å². The van der Waals surface area contributed by atoms with Crippen LogP contribution in [0.3, 0.4) is 0 Å². The van der Waals surface area contributed by atoms with Crippen LogP contribution in [0.5, 0.6) is 11.5 Å². The number of carbonyl (C=O) groups is 1. The molecule has 0 bridgehead atoms. The van der Waals surface area contributed by atoms with Crippen molar-refractivity contribution in [1.29, 1.82) is 0 Å². The van der Waals surface area contributed by atoms with Gasteiger partial charge < -0.3 is 14.3 Å². The molecule has 3 atom stereocenters. The Balaban J connectivity index is 1.94. The number of hydrogen-bond acceptors (Lipinski definition) is 4. The number of benzene rings is 1. The molecule has 126 valence electrons. The van der Waals surface area contributed by atoms with Gasteiger partial charge in [0.2, 0.25) is 0 Å². The highest BCUT2D eigenvalue weighted by molar-refractivity contribution is 5.51. The van der Waals surface area contributed by atoms with Crippen molar-refractivity contribution >= 4 is 6.29 Å². The largest absolute Gasteiger partial charge is 0.493 e. The maximum absolute atomic E-state index is 11.1. The van der Waals surface area contributed by atoms with Crippen molar-refractivity contribution in [2.24, 2.45) is 11.8 Å². The molecule has 0 radical (unpaired) electrons. The molecule has 2 heterocycles. The van der Waals surface area contributed by atoms with Gasteiger partial charge in [0, 0.05) is 25.6 Å². The highest BCUT2D eigenvalue weighted by atomic mass is 16.5. The first-order valence-electron chi connectivity index (χ1n) is 8.64. The summed E-state index contributed by atoms with van der Waals surface area (Å²) in [5.74, 6) is 2.75. The van der Waals surface area contributed by atoms with E-state index in [4.69, 9.17) is 9.47 Å². The number of ether oxygens (including phenoxy) is 2. The predicted octanol–water partition coefficient (Wildman–Crippen LogP) is 3.24. The predicted molar refractivity (Wildman–Crippen MR) is 90.1 cm³/mol. The minimum atomic E-state index is 0.409. The number of nitrogens with zero attached hydrogens (tertiary/aromatic N) is 1. The van der Waals surface area contributed by atoms with E-state index in [1.807, 2.05) is 0 Å². The van der Waals surface area contributed by atoms with Gasteiger partial charge in [-0.25, -0.2) is 0 Å². The van der Waals surface area contributed by atoms with E-state index in [1.54, 1.807) is 14.2 Å². The van der Waals surface area contributed by atoms with Crippen molar-refractivity contribution in [3.05, 3.63) is 23.3 Å². The van der Waals surface area contributed by atoms with Gasteiger partial charge in [-0.2, -0.15) is 0 Å². The summed E-state index contributed by atoms with van der Waals surface area (Å²) in [6.45, 7) is 4.44. The number of methoxy groups -OCH3 is 2. The summed E-state index contributed by atoms with van der Waals surface area (Å²) < 4.78 is 10.9. The van der Waals surface area contributed by atoms with Gasteiger partial charge in [-0.1, -0.05) is 13.3 Å². The summed E-state index contributed by atoms with van der Waals surface area (Å²) in [5, 5.41) is 0. The Morgan fingerprint density at radius 1 is 1.22 bits per heavy atom. The number of hydrogen-bond donors (Lipinski definition) is 0. The molecule has 0 aromatic heterocycles. The van der Waals surface area contributed by atoms with Crippen LogP contribution in [0.4, 0.5) is 0 Å². The quantitative estimate of drug-likeness (QED) is 0.782. The van der Waals surface area contributed by atoms with E-state index >= 15 is 0 Å². The average molecular weight is 317 g/mol. The third kappa shape index (κ3) is 2.97. The maximum Gasteiger partial charge on any atom is 0.161 e. The van der Waals surface area contributed by atoms with Gasteiger partial charge in [0.15, 0.2) is 11.5 Å². The third-order valence-corrected chi connectivity index (χ3v) is 5.70. The number of aldehydes is 1. The molecule has 2 aliphatic heterocycles. The lowest BCUT2D eigenvalue weighted by molar-refractivity contribution is -0.109. The molecule has 1 aromatic rings. The van der Waals surface area contributed by atoms with Crippen LogP contribution in [-0.4, -0.2) is 38.5 Å². The van der Waals surface area contributed by atoms with E-state index in [1.165, 1.54) is 11.1 Å². The highest BCUT2D eigenvalue weighted by Crippen LogP contribution is 2.45. The topological polar surface area (TPSA) is 38.8 Å². The molecular weight excluding hydrogens is 290 g/mol. The summed E-state index contributed by atoms with van der Waals surface area (Å²) in [6.07, 6.45) is 5.06. The Morgan fingerprint density at radius 3 is 2.61 bits per heavy atom. The van der Waals surface area contributed by atoms with E-state index in [0.29, 0.717) is 24.3 Å². The minimum Gasteiger partial charge on any atom is -0.493 e. The average Bonchev–Trinajstić information content (AvgIpc) is 2.60. The molecule has 1 saturated heterocycles. The zero-order valence-electron chi connectivity index (χ0n) is 14.4. The molecule has 0 spiro atoms. The Morgan fingerprint density at radius 2 is 1.96 bits per heavy atom. The SMILES string of the molecule is CC[C@H]1CN2CCc3cc(OC)c(OC)cc3[C@@H]2C[C@@H]1CC=O. The molecule has 0 N–H and O–H groups in total. The second kappa shape index (κ2) is 6.91. The van der Waals surface area contributed by atoms with E-state index in [0.717, 1.165) is 50.1 Å². The van der Waals surface area contributed by atoms with Gasteiger partial charge in [-0.05, 0) is 47.9 Å². The van der Waals surface area contributed by atoms with Crippen LogP contribution in [0.1, 0.15) is 43.4 Å². The van der Waals surface area contributed by atoms with Crippen LogP contribution in [0.15, 0.2) is 12.1 Å². The van der Waals surface area contributed by atoms with Gasteiger partial charge in [0.25, 0.3) is 0 Å². The van der Waals surface area contributed by atoms with Gasteiger partial charge in [-0.15, -0.1) is 0 Å². The summed E-state index contributed by atoms with van der Waals surface area (Å²) in [5.41, 5.74) is 2.73. The molecular formula is C19H27NO3. The minimum absolute atomic E-state index is 0.409. The van der Waals surface area contributed by atoms with Gasteiger partial charge >= 0.3 is 0 Å². The lowest BCUT2D eigenvalue weighted by Crippen LogP contribution is -2.45. The van der Waals surface area contributed by atoms with Crippen molar-refractivity contribution in [1.82, 2.24) is 4.90 Å². The first-order chi connectivity index (χ1) is 11.2. The molecule has 4 heteroatoms. The van der Waals surface area contributed by atoms with E-state index in [9.17, 15) is 4.79 Å². The molecule has 0 unspecified atom stereocenters. The van der Waals surface area contributed by atoms with Crippen molar-refractivity contribution in [2.75, 3.05) is 27.3 Å². The van der Waals surface area contributed by atoms with Gasteiger partial charge in [0.05, 0.1) is 14.2 Å². The van der Waals surface area contributed by atoms with Crippen molar-refractivity contribution in [3.63, 3.8) is 0 Å². The molecule has 4 nitrogen and oxygen atoms in total. The fourth-order valence-electron chi connectivity index (χ4n) is 4.38. The van der Waals surface area contributed by atoms with Crippen LogP contribution in [-0.2, 0) is 11.2 Å². The molecule has 23 heavy (non-hydrogen) atoms. The Labute approximate surface area is 138 Å². The van der Waals surface area contributed by atoms with Gasteiger partial charge in [0.1, 0.15) is 6.29 Å². The van der Waals surface area contributed by atoms with Crippen LogP contribution < -0.4 is 9.47 Å². The van der Waals surface area contributed by atoms with Crippen molar-refractivity contribution < 1.29 is 14.3 Å². The highest BCUT2D eigenvalue weighted by Gasteiger charge is 2.38. The normalized spacial score (nSPS) is 27.0. The van der Waals surface area contributed by atoms with Gasteiger partial charge in [-0.3, -0.25) is 4.90 Å². The summed E-state index contributed by atoms with van der Waals surface area (Å²) in [6, 6.07) is 4.69. The number of carbonyl (C=O) groups excluding carboxylic acids is 1. The maximum atomic E-state index is 11.1. The molecule has 3 rings (SSSR count). The van der Waals surface area contributed by atoms with E-state index in [2.05, 4.69) is 24.0 Å². The van der Waals surface area contributed by atoms with Crippen LogP contribution in [0.2, 0.25) is 0 Å². The zero-order valence-corrected chi connectivity index (χ0v) is 14.4. The molecule has 0 amide bonds. The summed E-state index contributed by atoms with van der Waals surface area (Å²) in [7, 11) is 3.37. The van der Waals surface area contributed by atoms with Crippen LogP contribution in [0, 0.1) is 11.8 Å². The number of rotatable bonds is 5. The van der Waals surface area contributed by atoms with Crippen molar-refractivity contribution in [2.45, 2.75) is 38.6 Å². The Hall–Kier alpha value is -1.55. The monoisotopic (exact) mass is 317 g/mol. The molecule has 0 aliphatic carbocycles. The van der Waals surface area contributed by atoms with E-state index in [-0.39, 0.29) is 0 Å². The molecule has 2 aliphatic rings. The third-order valence-electron chi connectivity index (χ3n) is 5.70. The fourth-order valence-corrected chi connectivity index (χ4v) is 4.38. The lowest BCUT2D eigenvalue weighted by Gasteiger charge is -2.47. The standard InChI is InChI=1S/C19H27NO3/c1-4-13-12-20-7-5-15-10-18(22-2)19(23-3)11-16(15)17(20)9-14(13)6-8-21/h8,10-11,13-14,17H,4-7,9,12H2,1-3H3/t13-,14-,17-/m0/s1. The summed E-state index contributed by atoms with van der Waals surface area (Å²) >= 11 is 0. The lowest BCUT2D eigenvalue weighted by atomic mass is 9.75. The van der Waals surface area contributed by atoms with E-state index < -0.39 is 0 Å². The molecule has 1 fully saturated rings. The molecule has 1 aromatic carbocycles. The van der Waals surface area contributed by atoms with Crippen LogP contribution in [0.25, 0.3) is 0 Å². The summed E-state index contributed by atoms with van der Waals surface area (Å²) in [4.78, 5) is 13.7. The Bertz CT molecular complexity index is 572. The number of fused-ring (bicyclic) bond motifs is 3. The second-order valence-corrected chi connectivity index (χ2v) is 6.73. The first-order valence-corrected chi connectivity index (χ1v) is 8.64. The zero-order chi connectivity index (χ0) is 16.4. The second-order valence-electron chi connectivity index (χ2n) is 6.73. The first kappa shape index (κ1) is 16.3. The molecule has 0 saturated carbocycles. The Kier molecular flexibility index (Phi) is 4.90. The smallest absolute Gasteiger partial charge is 0.161 e. The fraction of sp³-hybridized carbons (Fsp3) is 0.632.